The van der Waals surface area contributed by atoms with Gasteiger partial charge < -0.3 is 14.8 Å². The Kier molecular flexibility index (Phi) is 4.99. The Balaban J connectivity index is 1.75. The molecule has 8 heteroatoms. The third-order valence-corrected chi connectivity index (χ3v) is 4.47. The Hall–Kier alpha value is -2.87. The van der Waals surface area contributed by atoms with Crippen molar-refractivity contribution in [1.82, 2.24) is 14.8 Å². The van der Waals surface area contributed by atoms with Gasteiger partial charge in [0.05, 0.1) is 19.9 Å². The van der Waals surface area contributed by atoms with E-state index in [0.29, 0.717) is 16.6 Å². The fraction of sp³-hybridized carbons (Fsp3) is 0.235. The molecule has 0 aliphatic heterocycles. The highest BCUT2D eigenvalue weighted by atomic mass is 32.1. The number of amides is 1. The maximum absolute atomic E-state index is 12.3. The van der Waals surface area contributed by atoms with Crippen LogP contribution in [0.15, 0.2) is 42.0 Å². The van der Waals surface area contributed by atoms with Crippen molar-refractivity contribution in [3.8, 4) is 22.8 Å². The SMILES string of the molecule is COc1ccc(-c2csc(NC(=O)C(C)n3cccn3)n2)cc1OC. The molecule has 0 radical (unpaired) electrons. The molecule has 1 unspecified atom stereocenters. The number of carbonyl (C=O) groups is 1. The Morgan fingerprint density at radius 3 is 2.76 bits per heavy atom. The molecule has 1 atom stereocenters. The number of benzene rings is 1. The number of hydrogen-bond donors (Lipinski definition) is 1. The fourth-order valence-electron chi connectivity index (χ4n) is 2.30. The lowest BCUT2D eigenvalue weighted by Crippen LogP contribution is -2.23. The van der Waals surface area contributed by atoms with E-state index in [0.717, 1.165) is 11.3 Å². The quantitative estimate of drug-likeness (QED) is 0.732. The normalized spacial score (nSPS) is 11.8. The van der Waals surface area contributed by atoms with Crippen molar-refractivity contribution in [3.63, 3.8) is 0 Å². The van der Waals surface area contributed by atoms with Crippen LogP contribution >= 0.6 is 11.3 Å². The Morgan fingerprint density at radius 2 is 2.08 bits per heavy atom. The molecule has 0 spiro atoms. The van der Waals surface area contributed by atoms with Gasteiger partial charge in [-0.2, -0.15) is 5.10 Å². The highest BCUT2D eigenvalue weighted by Gasteiger charge is 2.17. The Labute approximate surface area is 149 Å². The van der Waals surface area contributed by atoms with Gasteiger partial charge in [-0.1, -0.05) is 0 Å². The standard InChI is InChI=1S/C17H18N4O3S/c1-11(21-8-4-7-18-21)16(22)20-17-19-13(10-25-17)12-5-6-14(23-2)15(9-12)24-3/h4-11H,1-3H3,(H,19,20,22). The molecule has 1 amide bonds. The number of carbonyl (C=O) groups excluding carboxylic acids is 1. The van der Waals surface area contributed by atoms with Gasteiger partial charge in [0.15, 0.2) is 16.6 Å². The minimum absolute atomic E-state index is 0.170. The molecule has 1 aromatic carbocycles. The van der Waals surface area contributed by atoms with Gasteiger partial charge in [0.2, 0.25) is 0 Å². The van der Waals surface area contributed by atoms with Gasteiger partial charge in [0.1, 0.15) is 6.04 Å². The van der Waals surface area contributed by atoms with E-state index in [1.54, 1.807) is 44.3 Å². The van der Waals surface area contributed by atoms with Crippen molar-refractivity contribution in [2.24, 2.45) is 0 Å². The smallest absolute Gasteiger partial charge is 0.250 e. The van der Waals surface area contributed by atoms with Crippen LogP contribution in [0.5, 0.6) is 11.5 Å². The van der Waals surface area contributed by atoms with Gasteiger partial charge in [-0.25, -0.2) is 4.98 Å². The average Bonchev–Trinajstić information content (AvgIpc) is 3.32. The first-order chi connectivity index (χ1) is 12.1. The summed E-state index contributed by atoms with van der Waals surface area (Å²) in [6.45, 7) is 1.78. The zero-order valence-electron chi connectivity index (χ0n) is 14.1. The number of methoxy groups -OCH3 is 2. The highest BCUT2D eigenvalue weighted by molar-refractivity contribution is 7.14. The number of nitrogens with one attached hydrogen (secondary N) is 1. The van der Waals surface area contributed by atoms with Crippen LogP contribution in [0.1, 0.15) is 13.0 Å². The third kappa shape index (κ3) is 3.63. The Bertz CT molecular complexity index is 861. The summed E-state index contributed by atoms with van der Waals surface area (Å²) in [5.74, 6) is 1.12. The topological polar surface area (TPSA) is 78.3 Å². The molecule has 0 bridgehead atoms. The van der Waals surface area contributed by atoms with E-state index in [2.05, 4.69) is 15.4 Å². The van der Waals surface area contributed by atoms with Crippen LogP contribution in [-0.4, -0.2) is 34.9 Å². The summed E-state index contributed by atoms with van der Waals surface area (Å²) in [5.41, 5.74) is 1.64. The van der Waals surface area contributed by atoms with Gasteiger partial charge in [-0.15, -0.1) is 11.3 Å². The highest BCUT2D eigenvalue weighted by Crippen LogP contribution is 2.33. The maximum atomic E-state index is 12.3. The molecule has 25 heavy (non-hydrogen) atoms. The summed E-state index contributed by atoms with van der Waals surface area (Å²) in [6, 6.07) is 6.94. The van der Waals surface area contributed by atoms with Crippen LogP contribution in [0.4, 0.5) is 5.13 Å². The third-order valence-electron chi connectivity index (χ3n) is 3.71. The van der Waals surface area contributed by atoms with Crippen LogP contribution in [0.2, 0.25) is 0 Å². The number of nitrogens with zero attached hydrogens (tertiary/aromatic N) is 3. The molecule has 2 heterocycles. The number of thiazole rings is 1. The van der Waals surface area contributed by atoms with Gasteiger partial charge in [0.25, 0.3) is 5.91 Å². The summed E-state index contributed by atoms with van der Waals surface area (Å²) in [7, 11) is 3.18. The summed E-state index contributed by atoms with van der Waals surface area (Å²) >= 11 is 1.37. The Morgan fingerprint density at radius 1 is 1.28 bits per heavy atom. The van der Waals surface area contributed by atoms with Crippen molar-refractivity contribution in [3.05, 3.63) is 42.0 Å². The minimum atomic E-state index is -0.413. The van der Waals surface area contributed by atoms with E-state index in [4.69, 9.17) is 9.47 Å². The first kappa shape index (κ1) is 17.0. The molecular formula is C17H18N4O3S. The molecule has 0 saturated heterocycles. The second kappa shape index (κ2) is 7.35. The fourth-order valence-corrected chi connectivity index (χ4v) is 3.02. The van der Waals surface area contributed by atoms with E-state index in [9.17, 15) is 4.79 Å². The largest absolute Gasteiger partial charge is 0.493 e. The van der Waals surface area contributed by atoms with E-state index >= 15 is 0 Å². The summed E-state index contributed by atoms with van der Waals surface area (Å²) < 4.78 is 12.1. The molecule has 0 fully saturated rings. The zero-order valence-corrected chi connectivity index (χ0v) is 14.9. The average molecular weight is 358 g/mol. The van der Waals surface area contributed by atoms with Crippen molar-refractivity contribution in [2.45, 2.75) is 13.0 Å². The van der Waals surface area contributed by atoms with E-state index < -0.39 is 6.04 Å². The molecular weight excluding hydrogens is 340 g/mol. The monoisotopic (exact) mass is 358 g/mol. The van der Waals surface area contributed by atoms with E-state index in [1.165, 1.54) is 11.3 Å². The second-order valence-corrected chi connectivity index (χ2v) is 6.12. The first-order valence-corrected chi connectivity index (χ1v) is 8.48. The summed E-state index contributed by atoms with van der Waals surface area (Å²) in [6.07, 6.45) is 3.39. The predicted molar refractivity (Wildman–Crippen MR) is 96.2 cm³/mol. The van der Waals surface area contributed by atoms with Crippen molar-refractivity contribution >= 4 is 22.4 Å². The lowest BCUT2D eigenvalue weighted by Gasteiger charge is -2.10. The van der Waals surface area contributed by atoms with Crippen LogP contribution in [0, 0.1) is 0 Å². The lowest BCUT2D eigenvalue weighted by molar-refractivity contribution is -0.119. The van der Waals surface area contributed by atoms with E-state index in [-0.39, 0.29) is 5.91 Å². The van der Waals surface area contributed by atoms with Crippen LogP contribution in [-0.2, 0) is 4.79 Å². The summed E-state index contributed by atoms with van der Waals surface area (Å²) in [5, 5.41) is 9.32. The predicted octanol–water partition coefficient (Wildman–Crippen LogP) is 3.22. The van der Waals surface area contributed by atoms with Crippen LogP contribution < -0.4 is 14.8 Å². The van der Waals surface area contributed by atoms with E-state index in [1.807, 2.05) is 23.6 Å². The number of ether oxygens (including phenoxy) is 2. The summed E-state index contributed by atoms with van der Waals surface area (Å²) in [4.78, 5) is 16.8. The number of aromatic nitrogens is 3. The maximum Gasteiger partial charge on any atom is 0.250 e. The molecule has 3 rings (SSSR count). The van der Waals surface area contributed by atoms with Crippen LogP contribution in [0.25, 0.3) is 11.3 Å². The molecule has 1 N–H and O–H groups in total. The van der Waals surface area contributed by atoms with Gasteiger partial charge in [0, 0.05) is 23.3 Å². The molecule has 0 saturated carbocycles. The molecule has 130 valence electrons. The van der Waals surface area contributed by atoms with Gasteiger partial charge in [-0.3, -0.25) is 9.48 Å². The molecule has 7 nitrogen and oxygen atoms in total. The van der Waals surface area contributed by atoms with Gasteiger partial charge >= 0.3 is 0 Å². The number of anilines is 1. The number of hydrogen-bond acceptors (Lipinski definition) is 6. The van der Waals surface area contributed by atoms with Crippen LogP contribution in [0.3, 0.4) is 0 Å². The van der Waals surface area contributed by atoms with Crippen molar-refractivity contribution in [2.75, 3.05) is 19.5 Å². The van der Waals surface area contributed by atoms with Crippen molar-refractivity contribution < 1.29 is 14.3 Å². The molecule has 0 aliphatic rings. The lowest BCUT2D eigenvalue weighted by atomic mass is 10.1. The van der Waals surface area contributed by atoms with Crippen molar-refractivity contribution in [1.29, 1.82) is 0 Å². The van der Waals surface area contributed by atoms with Gasteiger partial charge in [-0.05, 0) is 31.2 Å². The number of rotatable bonds is 6. The molecule has 2 aromatic heterocycles. The molecule has 3 aromatic rings. The second-order valence-electron chi connectivity index (χ2n) is 5.26. The minimum Gasteiger partial charge on any atom is -0.493 e. The zero-order chi connectivity index (χ0) is 17.8. The molecule has 0 aliphatic carbocycles. The first-order valence-electron chi connectivity index (χ1n) is 7.60.